The molecule has 1 fully saturated rings. The number of para-hydroxylation sites is 1. The molecule has 5 rings (SSSR count). The van der Waals surface area contributed by atoms with Gasteiger partial charge in [-0.05, 0) is 55.2 Å². The number of nitrogens with zero attached hydrogens (tertiary/aromatic N) is 4. The van der Waals surface area contributed by atoms with Crippen molar-refractivity contribution in [3.05, 3.63) is 94.3 Å². The number of hydrogen-bond donors (Lipinski definition) is 0. The van der Waals surface area contributed by atoms with Gasteiger partial charge in [0.25, 0.3) is 5.56 Å². The largest absolute Gasteiger partial charge is 0.371 e. The van der Waals surface area contributed by atoms with E-state index in [1.165, 1.54) is 28.8 Å². The quantitative estimate of drug-likeness (QED) is 0.454. The Morgan fingerprint density at radius 2 is 1.68 bits per heavy atom. The minimum atomic E-state index is -0.175. The molecule has 0 atom stereocenters. The smallest absolute Gasteiger partial charge is 0.282 e. The fraction of sp³-hybridized carbons (Fsp3) is 0.192. The van der Waals surface area contributed by atoms with E-state index in [4.69, 9.17) is 4.98 Å². The third-order valence-electron chi connectivity index (χ3n) is 5.78. The van der Waals surface area contributed by atoms with Crippen LogP contribution in [-0.2, 0) is 0 Å². The Bertz CT molecular complexity index is 1320. The lowest BCUT2D eigenvalue weighted by molar-refractivity contribution is 0.829. The summed E-state index contributed by atoms with van der Waals surface area (Å²) in [6.45, 7) is 4.36. The van der Waals surface area contributed by atoms with E-state index in [1.807, 2.05) is 48.5 Å². The summed E-state index contributed by atoms with van der Waals surface area (Å²) in [5.74, 6) is 0.533. The summed E-state index contributed by atoms with van der Waals surface area (Å²) in [4.78, 5) is 20.4. The van der Waals surface area contributed by atoms with Crippen molar-refractivity contribution in [2.45, 2.75) is 19.8 Å². The SMILES string of the molecule is Cc1cc(C=Nn2c(-c3ccccc3)nc3ccccc3c2=O)ccc1N1CCCC1. The predicted octanol–water partition coefficient (Wildman–Crippen LogP) is 4.85. The zero-order valence-corrected chi connectivity index (χ0v) is 17.5. The lowest BCUT2D eigenvalue weighted by Crippen LogP contribution is -2.20. The topological polar surface area (TPSA) is 50.5 Å². The van der Waals surface area contributed by atoms with E-state index in [2.05, 4.69) is 35.1 Å². The first-order chi connectivity index (χ1) is 15.2. The molecule has 3 aromatic carbocycles. The molecule has 0 amide bonds. The van der Waals surface area contributed by atoms with Gasteiger partial charge in [-0.25, -0.2) is 4.98 Å². The van der Waals surface area contributed by atoms with Gasteiger partial charge in [0.2, 0.25) is 0 Å². The molecular formula is C26H24N4O. The Morgan fingerprint density at radius 1 is 0.935 bits per heavy atom. The highest BCUT2D eigenvalue weighted by atomic mass is 16.1. The van der Waals surface area contributed by atoms with E-state index >= 15 is 0 Å². The van der Waals surface area contributed by atoms with Crippen LogP contribution in [-0.4, -0.2) is 29.0 Å². The van der Waals surface area contributed by atoms with Crippen LogP contribution in [0.2, 0.25) is 0 Å². The van der Waals surface area contributed by atoms with Crippen LogP contribution in [0.5, 0.6) is 0 Å². The first kappa shape index (κ1) is 19.2. The van der Waals surface area contributed by atoms with Crippen molar-refractivity contribution in [1.29, 1.82) is 0 Å². The van der Waals surface area contributed by atoms with Gasteiger partial charge in [-0.1, -0.05) is 48.5 Å². The molecule has 0 bridgehead atoms. The van der Waals surface area contributed by atoms with Crippen molar-refractivity contribution < 1.29 is 0 Å². The van der Waals surface area contributed by atoms with Crippen LogP contribution in [0.25, 0.3) is 22.3 Å². The van der Waals surface area contributed by atoms with Crippen molar-refractivity contribution in [2.75, 3.05) is 18.0 Å². The minimum absolute atomic E-state index is 0.175. The number of rotatable bonds is 4. The molecule has 4 aromatic rings. The van der Waals surface area contributed by atoms with E-state index in [0.29, 0.717) is 16.7 Å². The Balaban J connectivity index is 1.58. The molecule has 31 heavy (non-hydrogen) atoms. The molecule has 0 radical (unpaired) electrons. The van der Waals surface area contributed by atoms with Crippen LogP contribution in [0.3, 0.4) is 0 Å². The summed E-state index contributed by atoms with van der Waals surface area (Å²) >= 11 is 0. The number of benzene rings is 3. The molecule has 1 aliphatic heterocycles. The maximum Gasteiger partial charge on any atom is 0.282 e. The molecule has 1 saturated heterocycles. The van der Waals surface area contributed by atoms with Crippen molar-refractivity contribution in [3.63, 3.8) is 0 Å². The lowest BCUT2D eigenvalue weighted by atomic mass is 10.1. The Hall–Kier alpha value is -3.73. The van der Waals surface area contributed by atoms with Gasteiger partial charge in [-0.3, -0.25) is 4.79 Å². The van der Waals surface area contributed by atoms with Gasteiger partial charge in [0.15, 0.2) is 5.82 Å². The van der Waals surface area contributed by atoms with Crippen LogP contribution in [0, 0.1) is 6.92 Å². The van der Waals surface area contributed by atoms with E-state index in [1.54, 1.807) is 12.3 Å². The molecule has 0 spiro atoms. The third kappa shape index (κ3) is 3.75. The second-order valence-electron chi connectivity index (χ2n) is 7.92. The van der Waals surface area contributed by atoms with Crippen LogP contribution in [0.1, 0.15) is 24.0 Å². The van der Waals surface area contributed by atoms with E-state index < -0.39 is 0 Å². The Labute approximate surface area is 181 Å². The highest BCUT2D eigenvalue weighted by Crippen LogP contribution is 2.25. The average Bonchev–Trinajstić information content (AvgIpc) is 3.34. The number of aryl methyl sites for hydroxylation is 1. The molecule has 2 heterocycles. The van der Waals surface area contributed by atoms with Gasteiger partial charge in [0.05, 0.1) is 17.1 Å². The number of fused-ring (bicyclic) bond motifs is 1. The highest BCUT2D eigenvalue weighted by molar-refractivity contribution is 5.83. The van der Waals surface area contributed by atoms with Crippen molar-refractivity contribution >= 4 is 22.8 Å². The maximum absolute atomic E-state index is 13.2. The van der Waals surface area contributed by atoms with Crippen LogP contribution >= 0.6 is 0 Å². The second kappa shape index (κ2) is 8.19. The van der Waals surface area contributed by atoms with Crippen molar-refractivity contribution in [2.24, 2.45) is 5.10 Å². The molecule has 0 saturated carbocycles. The second-order valence-corrected chi connectivity index (χ2v) is 7.92. The summed E-state index contributed by atoms with van der Waals surface area (Å²) in [5, 5.41) is 5.13. The molecule has 0 unspecified atom stereocenters. The average molecular weight is 409 g/mol. The molecular weight excluding hydrogens is 384 g/mol. The van der Waals surface area contributed by atoms with Gasteiger partial charge < -0.3 is 4.90 Å². The standard InChI is InChI=1S/C26H24N4O/c1-19-17-20(13-14-24(19)29-15-7-8-16-29)18-27-30-25(21-9-3-2-4-10-21)28-23-12-6-5-11-22(23)26(30)31/h2-6,9-14,17-18H,7-8,15-16H2,1H3. The van der Waals surface area contributed by atoms with E-state index in [-0.39, 0.29) is 5.56 Å². The summed E-state index contributed by atoms with van der Waals surface area (Å²) in [6, 6.07) is 23.4. The molecule has 1 aromatic heterocycles. The van der Waals surface area contributed by atoms with Crippen molar-refractivity contribution in [3.8, 4) is 11.4 Å². The summed E-state index contributed by atoms with van der Waals surface area (Å²) in [7, 11) is 0. The first-order valence-electron chi connectivity index (χ1n) is 10.7. The van der Waals surface area contributed by atoms with Gasteiger partial charge in [-0.15, -0.1) is 0 Å². The fourth-order valence-electron chi connectivity index (χ4n) is 4.20. The summed E-state index contributed by atoms with van der Waals surface area (Å²) in [6.07, 6.45) is 4.25. The Morgan fingerprint density at radius 3 is 2.45 bits per heavy atom. The molecule has 0 N–H and O–H groups in total. The van der Waals surface area contributed by atoms with Gasteiger partial charge in [0.1, 0.15) is 0 Å². The molecule has 5 nitrogen and oxygen atoms in total. The van der Waals surface area contributed by atoms with Crippen molar-refractivity contribution in [1.82, 2.24) is 9.66 Å². The van der Waals surface area contributed by atoms with Crippen LogP contribution < -0.4 is 10.5 Å². The predicted molar refractivity (Wildman–Crippen MR) is 127 cm³/mol. The molecule has 154 valence electrons. The Kier molecular flexibility index (Phi) is 5.08. The number of anilines is 1. The lowest BCUT2D eigenvalue weighted by Gasteiger charge is -2.20. The third-order valence-corrected chi connectivity index (χ3v) is 5.78. The normalized spacial score (nSPS) is 14.0. The van der Waals surface area contributed by atoms with Gasteiger partial charge in [-0.2, -0.15) is 9.78 Å². The monoisotopic (exact) mass is 408 g/mol. The number of hydrogen-bond acceptors (Lipinski definition) is 4. The fourth-order valence-corrected chi connectivity index (χ4v) is 4.20. The minimum Gasteiger partial charge on any atom is -0.371 e. The van der Waals surface area contributed by atoms with Gasteiger partial charge in [0, 0.05) is 24.3 Å². The molecule has 0 aliphatic carbocycles. The zero-order valence-electron chi connectivity index (χ0n) is 17.5. The number of aromatic nitrogens is 2. The summed E-state index contributed by atoms with van der Waals surface area (Å²) in [5.41, 5.74) is 4.81. The van der Waals surface area contributed by atoms with Crippen LogP contribution in [0.15, 0.2) is 82.7 Å². The maximum atomic E-state index is 13.2. The highest BCUT2D eigenvalue weighted by Gasteiger charge is 2.15. The van der Waals surface area contributed by atoms with Crippen LogP contribution in [0.4, 0.5) is 5.69 Å². The van der Waals surface area contributed by atoms with E-state index in [9.17, 15) is 4.79 Å². The van der Waals surface area contributed by atoms with E-state index in [0.717, 1.165) is 24.2 Å². The summed E-state index contributed by atoms with van der Waals surface area (Å²) < 4.78 is 1.40. The molecule has 1 aliphatic rings. The van der Waals surface area contributed by atoms with Gasteiger partial charge >= 0.3 is 0 Å². The first-order valence-corrected chi connectivity index (χ1v) is 10.7. The molecule has 5 heteroatoms. The zero-order chi connectivity index (χ0) is 21.2.